The molecule has 0 unspecified atom stereocenters. The molecule has 1 aliphatic carbocycles. The quantitative estimate of drug-likeness (QED) is 0.880. The molecule has 1 aromatic heterocycles. The van der Waals surface area contributed by atoms with E-state index in [1.54, 1.807) is 11.3 Å². The SMILES string of the molecule is Cc1nc(CN(C)[C@@H]2CCCC[C@H]2O)cs1. The Morgan fingerprint density at radius 2 is 2.25 bits per heavy atom. The highest BCUT2D eigenvalue weighted by Gasteiger charge is 2.26. The second-order valence-electron chi connectivity index (χ2n) is 4.69. The summed E-state index contributed by atoms with van der Waals surface area (Å²) in [6.07, 6.45) is 4.31. The molecule has 0 spiro atoms. The van der Waals surface area contributed by atoms with Gasteiger partial charge < -0.3 is 5.11 Å². The fraction of sp³-hybridized carbons (Fsp3) is 0.750. The Morgan fingerprint density at radius 1 is 1.50 bits per heavy atom. The van der Waals surface area contributed by atoms with Gasteiger partial charge in [-0.2, -0.15) is 0 Å². The lowest BCUT2D eigenvalue weighted by Crippen LogP contribution is -2.42. The lowest BCUT2D eigenvalue weighted by molar-refractivity contribution is 0.0284. The van der Waals surface area contributed by atoms with Gasteiger partial charge in [-0.15, -0.1) is 11.3 Å². The van der Waals surface area contributed by atoms with Crippen LogP contribution in [0.4, 0.5) is 0 Å². The van der Waals surface area contributed by atoms with Crippen molar-refractivity contribution in [3.63, 3.8) is 0 Å². The van der Waals surface area contributed by atoms with E-state index < -0.39 is 0 Å². The van der Waals surface area contributed by atoms with Gasteiger partial charge in [-0.3, -0.25) is 4.90 Å². The molecule has 3 nitrogen and oxygen atoms in total. The van der Waals surface area contributed by atoms with Gasteiger partial charge in [0.25, 0.3) is 0 Å². The van der Waals surface area contributed by atoms with Crippen molar-refractivity contribution in [3.8, 4) is 0 Å². The zero-order valence-electron chi connectivity index (χ0n) is 10.0. The molecule has 90 valence electrons. The Bertz CT molecular complexity index is 340. The van der Waals surface area contributed by atoms with E-state index in [1.165, 1.54) is 12.8 Å². The third-order valence-corrected chi connectivity index (χ3v) is 4.16. The Hall–Kier alpha value is -0.450. The number of thiazole rings is 1. The number of nitrogens with zero attached hydrogens (tertiary/aromatic N) is 2. The molecular weight excluding hydrogens is 220 g/mol. The van der Waals surface area contributed by atoms with Crippen molar-refractivity contribution in [2.24, 2.45) is 0 Å². The molecule has 0 aromatic carbocycles. The van der Waals surface area contributed by atoms with E-state index in [4.69, 9.17) is 0 Å². The maximum Gasteiger partial charge on any atom is 0.0897 e. The van der Waals surface area contributed by atoms with Crippen LogP contribution in [0.15, 0.2) is 5.38 Å². The summed E-state index contributed by atoms with van der Waals surface area (Å²) in [4.78, 5) is 6.71. The lowest BCUT2D eigenvalue weighted by Gasteiger charge is -2.34. The number of hydrogen-bond donors (Lipinski definition) is 1. The topological polar surface area (TPSA) is 36.4 Å². The first-order valence-electron chi connectivity index (χ1n) is 5.96. The molecule has 16 heavy (non-hydrogen) atoms. The van der Waals surface area contributed by atoms with Crippen LogP contribution in [0.1, 0.15) is 36.4 Å². The van der Waals surface area contributed by atoms with Crippen LogP contribution >= 0.6 is 11.3 Å². The summed E-state index contributed by atoms with van der Waals surface area (Å²) in [5.74, 6) is 0. The summed E-state index contributed by atoms with van der Waals surface area (Å²) < 4.78 is 0. The van der Waals surface area contributed by atoms with Crippen molar-refractivity contribution in [2.45, 2.75) is 51.3 Å². The van der Waals surface area contributed by atoms with Crippen LogP contribution in [0.2, 0.25) is 0 Å². The van der Waals surface area contributed by atoms with E-state index in [0.717, 1.165) is 30.1 Å². The second-order valence-corrected chi connectivity index (χ2v) is 5.75. The molecule has 2 atom stereocenters. The van der Waals surface area contributed by atoms with Crippen LogP contribution in [-0.2, 0) is 6.54 Å². The number of aliphatic hydroxyl groups excluding tert-OH is 1. The summed E-state index contributed by atoms with van der Waals surface area (Å²) >= 11 is 1.69. The Labute approximate surface area is 101 Å². The van der Waals surface area contributed by atoms with Gasteiger partial charge in [0.2, 0.25) is 0 Å². The number of rotatable bonds is 3. The van der Waals surface area contributed by atoms with Crippen LogP contribution in [0.3, 0.4) is 0 Å². The molecule has 0 saturated heterocycles. The minimum absolute atomic E-state index is 0.154. The molecule has 2 rings (SSSR count). The van der Waals surface area contributed by atoms with E-state index in [-0.39, 0.29) is 6.10 Å². The summed E-state index contributed by atoms with van der Waals surface area (Å²) in [5, 5.41) is 13.2. The number of hydrogen-bond acceptors (Lipinski definition) is 4. The van der Waals surface area contributed by atoms with Crippen LogP contribution in [0.5, 0.6) is 0 Å². The van der Waals surface area contributed by atoms with Crippen molar-refractivity contribution in [2.75, 3.05) is 7.05 Å². The highest BCUT2D eigenvalue weighted by Crippen LogP contribution is 2.23. The first kappa shape index (κ1) is 12.0. The number of aliphatic hydroxyl groups is 1. The number of aryl methyl sites for hydroxylation is 1. The second kappa shape index (κ2) is 5.25. The van der Waals surface area contributed by atoms with Crippen molar-refractivity contribution in [1.29, 1.82) is 0 Å². The molecule has 1 heterocycles. The van der Waals surface area contributed by atoms with Gasteiger partial charge in [0, 0.05) is 18.0 Å². The van der Waals surface area contributed by atoms with Gasteiger partial charge in [0.1, 0.15) is 0 Å². The normalized spacial score (nSPS) is 26.2. The van der Waals surface area contributed by atoms with Gasteiger partial charge in [0.15, 0.2) is 0 Å². The molecule has 0 radical (unpaired) electrons. The average molecular weight is 240 g/mol. The fourth-order valence-electron chi connectivity index (χ4n) is 2.46. The molecule has 0 aliphatic heterocycles. The minimum atomic E-state index is -0.154. The highest BCUT2D eigenvalue weighted by molar-refractivity contribution is 7.09. The maximum absolute atomic E-state index is 9.96. The molecule has 1 aliphatic rings. The van der Waals surface area contributed by atoms with Crippen LogP contribution in [0, 0.1) is 6.92 Å². The predicted molar refractivity (Wildman–Crippen MR) is 66.6 cm³/mol. The fourth-order valence-corrected chi connectivity index (χ4v) is 3.06. The smallest absolute Gasteiger partial charge is 0.0897 e. The predicted octanol–water partition coefficient (Wildman–Crippen LogP) is 2.19. The van der Waals surface area contributed by atoms with Gasteiger partial charge in [0.05, 0.1) is 16.8 Å². The first-order chi connectivity index (χ1) is 7.66. The molecule has 1 saturated carbocycles. The van der Waals surface area contributed by atoms with Gasteiger partial charge in [-0.25, -0.2) is 4.98 Å². The molecular formula is C12H20N2OS. The van der Waals surface area contributed by atoms with Crippen molar-refractivity contribution in [1.82, 2.24) is 9.88 Å². The van der Waals surface area contributed by atoms with Crippen LogP contribution in [-0.4, -0.2) is 34.2 Å². The van der Waals surface area contributed by atoms with Gasteiger partial charge in [-0.1, -0.05) is 12.8 Å². The maximum atomic E-state index is 9.96. The van der Waals surface area contributed by atoms with Gasteiger partial charge >= 0.3 is 0 Å². The third kappa shape index (κ3) is 2.81. The zero-order valence-corrected chi connectivity index (χ0v) is 10.8. The van der Waals surface area contributed by atoms with E-state index in [1.807, 2.05) is 6.92 Å². The molecule has 1 aromatic rings. The van der Waals surface area contributed by atoms with E-state index in [2.05, 4.69) is 22.3 Å². The van der Waals surface area contributed by atoms with Crippen molar-refractivity contribution < 1.29 is 5.11 Å². The molecule has 4 heteroatoms. The summed E-state index contributed by atoms with van der Waals surface area (Å²) in [6, 6.07) is 0.316. The largest absolute Gasteiger partial charge is 0.391 e. The average Bonchev–Trinajstić information content (AvgIpc) is 2.64. The van der Waals surface area contributed by atoms with E-state index in [9.17, 15) is 5.11 Å². The number of likely N-dealkylation sites (N-methyl/N-ethyl adjacent to an activating group) is 1. The molecule has 1 fully saturated rings. The standard InChI is InChI=1S/C12H20N2OS/c1-9-13-10(8-16-9)7-14(2)11-5-3-4-6-12(11)15/h8,11-12,15H,3-7H2,1-2H3/t11-,12-/m1/s1. The Kier molecular flexibility index (Phi) is 3.95. The van der Waals surface area contributed by atoms with Crippen molar-refractivity contribution in [3.05, 3.63) is 16.1 Å². The Morgan fingerprint density at radius 3 is 2.88 bits per heavy atom. The number of aromatic nitrogens is 1. The molecule has 0 bridgehead atoms. The van der Waals surface area contributed by atoms with Gasteiger partial charge in [-0.05, 0) is 26.8 Å². The lowest BCUT2D eigenvalue weighted by atomic mass is 9.91. The minimum Gasteiger partial charge on any atom is -0.391 e. The van der Waals surface area contributed by atoms with E-state index in [0.29, 0.717) is 6.04 Å². The monoisotopic (exact) mass is 240 g/mol. The molecule has 0 amide bonds. The molecule has 1 N–H and O–H groups in total. The Balaban J connectivity index is 1.93. The highest BCUT2D eigenvalue weighted by atomic mass is 32.1. The van der Waals surface area contributed by atoms with E-state index >= 15 is 0 Å². The van der Waals surface area contributed by atoms with Crippen LogP contribution < -0.4 is 0 Å². The summed E-state index contributed by atoms with van der Waals surface area (Å²) in [5.41, 5.74) is 1.13. The zero-order chi connectivity index (χ0) is 11.5. The van der Waals surface area contributed by atoms with Crippen LogP contribution in [0.25, 0.3) is 0 Å². The first-order valence-corrected chi connectivity index (χ1v) is 6.84. The third-order valence-electron chi connectivity index (χ3n) is 3.34. The van der Waals surface area contributed by atoms with Crippen molar-refractivity contribution >= 4 is 11.3 Å². The summed E-state index contributed by atoms with van der Waals surface area (Å²) in [7, 11) is 2.09. The summed E-state index contributed by atoms with van der Waals surface area (Å²) in [6.45, 7) is 2.88.